The van der Waals surface area contributed by atoms with Gasteiger partial charge in [0.15, 0.2) is 5.82 Å². The van der Waals surface area contributed by atoms with E-state index in [-0.39, 0.29) is 0 Å². The maximum absolute atomic E-state index is 6.12. The van der Waals surface area contributed by atoms with Gasteiger partial charge in [0.2, 0.25) is 5.88 Å². The zero-order valence-corrected chi connectivity index (χ0v) is 12.0. The van der Waals surface area contributed by atoms with E-state index in [2.05, 4.69) is 33.9 Å². The van der Waals surface area contributed by atoms with Crippen LogP contribution >= 0.6 is 0 Å². The molecule has 0 spiro atoms. The molecular formula is C13H23N5O. The normalized spacial score (nSPS) is 19.8. The van der Waals surface area contributed by atoms with Gasteiger partial charge in [-0.05, 0) is 33.9 Å². The Labute approximate surface area is 114 Å². The van der Waals surface area contributed by atoms with E-state index in [0.717, 1.165) is 25.3 Å². The summed E-state index contributed by atoms with van der Waals surface area (Å²) in [6.07, 6.45) is 3.89. The van der Waals surface area contributed by atoms with Crippen LogP contribution in [0.4, 0.5) is 11.5 Å². The molecule has 1 atom stereocenters. The molecule has 1 saturated heterocycles. The largest absolute Gasteiger partial charge is 0.476 e. The van der Waals surface area contributed by atoms with Crippen LogP contribution in [0.2, 0.25) is 0 Å². The van der Waals surface area contributed by atoms with Crippen molar-refractivity contribution in [3.63, 3.8) is 0 Å². The second-order valence-electron chi connectivity index (χ2n) is 5.05. The minimum absolute atomic E-state index is 0.486. The Balaban J connectivity index is 2.19. The Morgan fingerprint density at radius 2 is 2.26 bits per heavy atom. The average Bonchev–Trinajstić information content (AvgIpc) is 2.41. The second-order valence-corrected chi connectivity index (χ2v) is 5.05. The molecule has 0 aromatic carbocycles. The van der Waals surface area contributed by atoms with Crippen molar-refractivity contribution in [3.8, 4) is 5.88 Å². The molecule has 6 heteroatoms. The van der Waals surface area contributed by atoms with Crippen LogP contribution in [0.5, 0.6) is 5.88 Å². The van der Waals surface area contributed by atoms with E-state index < -0.39 is 0 Å². The number of rotatable bonds is 4. The molecule has 1 aliphatic heterocycles. The standard InChI is InChI=1S/C13H23N5O/c1-4-19-13-11(14)12(15-9-16-13)18-7-5-6-10(8-18)17(2)3/h9-10H,4-8,14H2,1-3H3. The van der Waals surface area contributed by atoms with Crippen LogP contribution in [0, 0.1) is 0 Å². The Morgan fingerprint density at radius 3 is 2.95 bits per heavy atom. The first-order chi connectivity index (χ1) is 9.13. The number of ether oxygens (including phenoxy) is 1. The lowest BCUT2D eigenvalue weighted by Crippen LogP contribution is -2.45. The molecule has 2 rings (SSSR count). The summed E-state index contributed by atoms with van der Waals surface area (Å²) in [6, 6.07) is 0.540. The van der Waals surface area contributed by atoms with Gasteiger partial charge in [-0.3, -0.25) is 0 Å². The van der Waals surface area contributed by atoms with Gasteiger partial charge in [-0.25, -0.2) is 4.98 Å². The number of piperidine rings is 1. The molecule has 19 heavy (non-hydrogen) atoms. The van der Waals surface area contributed by atoms with Crippen LogP contribution in [-0.2, 0) is 0 Å². The highest BCUT2D eigenvalue weighted by Crippen LogP contribution is 2.30. The van der Waals surface area contributed by atoms with Crippen molar-refractivity contribution in [2.45, 2.75) is 25.8 Å². The summed E-state index contributed by atoms with van der Waals surface area (Å²) in [5.74, 6) is 1.28. The highest BCUT2D eigenvalue weighted by molar-refractivity contribution is 5.67. The first-order valence-electron chi connectivity index (χ1n) is 6.78. The number of anilines is 2. The Hall–Kier alpha value is -1.56. The minimum atomic E-state index is 0.486. The molecule has 1 aromatic heterocycles. The van der Waals surface area contributed by atoms with Gasteiger partial charge in [-0.1, -0.05) is 0 Å². The molecule has 1 aromatic rings. The third-order valence-electron chi connectivity index (χ3n) is 3.53. The summed E-state index contributed by atoms with van der Waals surface area (Å²) in [4.78, 5) is 12.9. The predicted octanol–water partition coefficient (Wildman–Crippen LogP) is 0.988. The van der Waals surface area contributed by atoms with E-state index in [1.54, 1.807) is 0 Å². The monoisotopic (exact) mass is 265 g/mol. The van der Waals surface area contributed by atoms with Crippen LogP contribution in [0.3, 0.4) is 0 Å². The van der Waals surface area contributed by atoms with Gasteiger partial charge >= 0.3 is 0 Å². The molecule has 2 heterocycles. The van der Waals surface area contributed by atoms with Gasteiger partial charge < -0.3 is 20.3 Å². The van der Waals surface area contributed by atoms with Gasteiger partial charge in [-0.2, -0.15) is 4.98 Å². The SMILES string of the molecule is CCOc1ncnc(N2CCCC(N(C)C)C2)c1N. The Bertz CT molecular complexity index is 423. The third kappa shape index (κ3) is 3.07. The second kappa shape index (κ2) is 6.06. The topological polar surface area (TPSA) is 67.5 Å². The van der Waals surface area contributed by atoms with Crippen molar-refractivity contribution in [2.75, 3.05) is 44.4 Å². The Kier molecular flexibility index (Phi) is 4.42. The third-order valence-corrected chi connectivity index (χ3v) is 3.53. The molecular weight excluding hydrogens is 242 g/mol. The first kappa shape index (κ1) is 13.9. The molecule has 0 saturated carbocycles. The van der Waals surface area contributed by atoms with E-state index >= 15 is 0 Å². The number of nitrogens with two attached hydrogens (primary N) is 1. The smallest absolute Gasteiger partial charge is 0.242 e. The lowest BCUT2D eigenvalue weighted by Gasteiger charge is -2.37. The Morgan fingerprint density at radius 1 is 1.47 bits per heavy atom. The fourth-order valence-corrected chi connectivity index (χ4v) is 2.44. The summed E-state index contributed by atoms with van der Waals surface area (Å²) in [5, 5.41) is 0. The fourth-order valence-electron chi connectivity index (χ4n) is 2.44. The van der Waals surface area contributed by atoms with Crippen LogP contribution in [0.25, 0.3) is 0 Å². The zero-order valence-electron chi connectivity index (χ0n) is 12.0. The molecule has 0 aliphatic carbocycles. The van der Waals surface area contributed by atoms with Crippen molar-refractivity contribution in [1.82, 2.24) is 14.9 Å². The number of nitrogen functional groups attached to an aromatic ring is 1. The van der Waals surface area contributed by atoms with Gasteiger partial charge in [-0.15, -0.1) is 0 Å². The number of aromatic nitrogens is 2. The maximum atomic E-state index is 6.12. The number of hydrogen-bond donors (Lipinski definition) is 1. The van der Waals surface area contributed by atoms with Gasteiger partial charge in [0.05, 0.1) is 6.61 Å². The number of hydrogen-bond acceptors (Lipinski definition) is 6. The predicted molar refractivity (Wildman–Crippen MR) is 76.5 cm³/mol. The van der Waals surface area contributed by atoms with E-state index in [1.807, 2.05) is 6.92 Å². The van der Waals surface area contributed by atoms with Gasteiger partial charge in [0.1, 0.15) is 12.0 Å². The molecule has 2 N–H and O–H groups in total. The van der Waals surface area contributed by atoms with E-state index in [4.69, 9.17) is 10.5 Å². The van der Waals surface area contributed by atoms with Crippen LogP contribution in [0.1, 0.15) is 19.8 Å². The fraction of sp³-hybridized carbons (Fsp3) is 0.692. The average molecular weight is 265 g/mol. The lowest BCUT2D eigenvalue weighted by molar-refractivity contribution is 0.257. The van der Waals surface area contributed by atoms with Crippen molar-refractivity contribution in [2.24, 2.45) is 0 Å². The van der Waals surface area contributed by atoms with Gasteiger partial charge in [0, 0.05) is 19.1 Å². The van der Waals surface area contributed by atoms with Crippen molar-refractivity contribution in [1.29, 1.82) is 0 Å². The highest BCUT2D eigenvalue weighted by atomic mass is 16.5. The molecule has 106 valence electrons. The van der Waals surface area contributed by atoms with Crippen LogP contribution in [-0.4, -0.2) is 54.7 Å². The molecule has 0 amide bonds. The summed E-state index contributed by atoms with van der Waals surface area (Å²) in [5.41, 5.74) is 6.66. The van der Waals surface area contributed by atoms with Crippen molar-refractivity contribution in [3.05, 3.63) is 6.33 Å². The maximum Gasteiger partial charge on any atom is 0.242 e. The molecule has 6 nitrogen and oxygen atoms in total. The van der Waals surface area contributed by atoms with Gasteiger partial charge in [0.25, 0.3) is 0 Å². The lowest BCUT2D eigenvalue weighted by atomic mass is 10.0. The molecule has 1 unspecified atom stereocenters. The minimum Gasteiger partial charge on any atom is -0.476 e. The summed E-state index contributed by atoms with van der Waals surface area (Å²) >= 11 is 0. The van der Waals surface area contributed by atoms with Crippen molar-refractivity contribution >= 4 is 11.5 Å². The molecule has 0 bridgehead atoms. The summed E-state index contributed by atoms with van der Waals surface area (Å²) < 4.78 is 5.43. The van der Waals surface area contributed by atoms with E-state index in [1.165, 1.54) is 12.7 Å². The first-order valence-corrected chi connectivity index (χ1v) is 6.78. The zero-order chi connectivity index (χ0) is 13.8. The summed E-state index contributed by atoms with van der Waals surface area (Å²) in [7, 11) is 4.23. The molecule has 0 radical (unpaired) electrons. The molecule has 1 fully saturated rings. The van der Waals surface area contributed by atoms with E-state index in [0.29, 0.717) is 24.2 Å². The molecule has 1 aliphatic rings. The van der Waals surface area contributed by atoms with E-state index in [9.17, 15) is 0 Å². The number of likely N-dealkylation sites (N-methyl/N-ethyl adjacent to an activating group) is 1. The van der Waals surface area contributed by atoms with Crippen LogP contribution < -0.4 is 15.4 Å². The van der Waals surface area contributed by atoms with Crippen molar-refractivity contribution < 1.29 is 4.74 Å². The highest BCUT2D eigenvalue weighted by Gasteiger charge is 2.24. The number of nitrogens with zero attached hydrogens (tertiary/aromatic N) is 4. The van der Waals surface area contributed by atoms with Crippen LogP contribution in [0.15, 0.2) is 6.33 Å². The summed E-state index contributed by atoms with van der Waals surface area (Å²) in [6.45, 7) is 4.40. The quantitative estimate of drug-likeness (QED) is 0.875.